The van der Waals surface area contributed by atoms with Crippen LogP contribution in [0.15, 0.2) is 78.4 Å². The molecule has 0 radical (unpaired) electrons. The fraction of sp³-hybridized carbons (Fsp3) is 0.0833. The zero-order valence-electron chi connectivity index (χ0n) is 16.4. The molecule has 156 valence electrons. The molecule has 4 rings (SSSR count). The van der Waals surface area contributed by atoms with Gasteiger partial charge in [0.2, 0.25) is 0 Å². The maximum atomic E-state index is 13.1. The standard InChI is InChI=1S/C24H17Cl2NO4/c1-31-19-12-9-15(13-18(19)26)22(28)20-21(14-7-10-16(25)11-8-14)27(24(30)23(20)29)17-5-3-2-4-6-17/h2-13,21,28H,1H3/b22-20-. The number of aliphatic hydroxyl groups is 1. The molecule has 0 bridgehead atoms. The summed E-state index contributed by atoms with van der Waals surface area (Å²) in [6, 6.07) is 19.5. The van der Waals surface area contributed by atoms with E-state index >= 15 is 0 Å². The Kier molecular flexibility index (Phi) is 5.72. The Hall–Kier alpha value is -3.28. The van der Waals surface area contributed by atoms with Gasteiger partial charge in [-0.25, -0.2) is 0 Å². The summed E-state index contributed by atoms with van der Waals surface area (Å²) in [5, 5.41) is 11.9. The zero-order valence-corrected chi connectivity index (χ0v) is 17.9. The third-order valence-electron chi connectivity index (χ3n) is 5.09. The van der Waals surface area contributed by atoms with Gasteiger partial charge in [0.15, 0.2) is 0 Å². The van der Waals surface area contributed by atoms with Crippen LogP contribution in [0.4, 0.5) is 5.69 Å². The summed E-state index contributed by atoms with van der Waals surface area (Å²) >= 11 is 12.2. The first kappa shape index (κ1) is 21.0. The second-order valence-corrected chi connectivity index (χ2v) is 7.75. The van der Waals surface area contributed by atoms with Crippen molar-refractivity contribution in [2.75, 3.05) is 12.0 Å². The third-order valence-corrected chi connectivity index (χ3v) is 5.64. The number of Topliss-reactive ketones (excluding diaryl/α,β-unsaturated/α-hetero) is 1. The number of halogens is 2. The summed E-state index contributed by atoms with van der Waals surface area (Å²) in [5.41, 5.74) is 1.44. The maximum Gasteiger partial charge on any atom is 0.300 e. The minimum atomic E-state index is -0.833. The molecular formula is C24H17Cl2NO4. The van der Waals surface area contributed by atoms with E-state index in [2.05, 4.69) is 0 Å². The monoisotopic (exact) mass is 453 g/mol. The smallest absolute Gasteiger partial charge is 0.300 e. The number of para-hydroxylation sites is 1. The van der Waals surface area contributed by atoms with E-state index in [0.29, 0.717) is 27.6 Å². The van der Waals surface area contributed by atoms with Gasteiger partial charge in [-0.15, -0.1) is 0 Å². The van der Waals surface area contributed by atoms with Crippen LogP contribution in [0.1, 0.15) is 17.2 Å². The van der Waals surface area contributed by atoms with Gasteiger partial charge < -0.3 is 9.84 Å². The molecule has 7 heteroatoms. The number of nitrogens with zero attached hydrogens (tertiary/aromatic N) is 1. The highest BCUT2D eigenvalue weighted by molar-refractivity contribution is 6.51. The predicted octanol–water partition coefficient (Wildman–Crippen LogP) is 5.63. The van der Waals surface area contributed by atoms with E-state index < -0.39 is 17.7 Å². The van der Waals surface area contributed by atoms with Crippen molar-refractivity contribution < 1.29 is 19.4 Å². The van der Waals surface area contributed by atoms with Crippen molar-refractivity contribution in [2.24, 2.45) is 0 Å². The second-order valence-electron chi connectivity index (χ2n) is 6.91. The summed E-state index contributed by atoms with van der Waals surface area (Å²) in [5.74, 6) is -1.40. The summed E-state index contributed by atoms with van der Waals surface area (Å²) in [6.45, 7) is 0. The number of carbonyl (C=O) groups is 2. The molecule has 5 nitrogen and oxygen atoms in total. The Morgan fingerprint density at radius 1 is 0.968 bits per heavy atom. The van der Waals surface area contributed by atoms with Crippen LogP contribution >= 0.6 is 23.2 Å². The Bertz CT molecular complexity index is 1190. The van der Waals surface area contributed by atoms with Gasteiger partial charge in [0, 0.05) is 16.3 Å². The Balaban J connectivity index is 1.93. The molecule has 1 N–H and O–H groups in total. The highest BCUT2D eigenvalue weighted by Gasteiger charge is 2.46. The fourth-order valence-corrected chi connectivity index (χ4v) is 4.00. The Labute approximate surface area is 189 Å². The molecule has 1 aliphatic heterocycles. The van der Waals surface area contributed by atoms with E-state index in [9.17, 15) is 14.7 Å². The van der Waals surface area contributed by atoms with Crippen molar-refractivity contribution in [3.8, 4) is 5.75 Å². The van der Waals surface area contributed by atoms with Crippen LogP contribution < -0.4 is 9.64 Å². The number of anilines is 1. The van der Waals surface area contributed by atoms with Gasteiger partial charge in [-0.1, -0.05) is 53.5 Å². The number of hydrogen-bond acceptors (Lipinski definition) is 4. The van der Waals surface area contributed by atoms with Gasteiger partial charge in [-0.3, -0.25) is 14.5 Å². The lowest BCUT2D eigenvalue weighted by atomic mass is 9.95. The number of aliphatic hydroxyl groups excluding tert-OH is 1. The van der Waals surface area contributed by atoms with Crippen LogP contribution in [0.5, 0.6) is 5.75 Å². The fourth-order valence-electron chi connectivity index (χ4n) is 3.62. The van der Waals surface area contributed by atoms with Crippen LogP contribution in [-0.2, 0) is 9.59 Å². The highest BCUT2D eigenvalue weighted by atomic mass is 35.5. The van der Waals surface area contributed by atoms with Crippen molar-refractivity contribution in [1.29, 1.82) is 0 Å². The van der Waals surface area contributed by atoms with E-state index in [-0.39, 0.29) is 16.4 Å². The number of amides is 1. The largest absolute Gasteiger partial charge is 0.507 e. The molecule has 0 spiro atoms. The van der Waals surface area contributed by atoms with Crippen LogP contribution in [0.3, 0.4) is 0 Å². The van der Waals surface area contributed by atoms with E-state index in [1.807, 2.05) is 6.07 Å². The lowest BCUT2D eigenvalue weighted by Gasteiger charge is -2.25. The molecule has 0 aliphatic carbocycles. The van der Waals surface area contributed by atoms with E-state index in [1.165, 1.54) is 18.1 Å². The number of carbonyl (C=O) groups excluding carboxylic acids is 2. The van der Waals surface area contributed by atoms with Crippen LogP contribution in [0.25, 0.3) is 5.76 Å². The number of benzene rings is 3. The first-order valence-electron chi connectivity index (χ1n) is 9.38. The molecule has 3 aromatic rings. The topological polar surface area (TPSA) is 66.8 Å². The lowest BCUT2D eigenvalue weighted by Crippen LogP contribution is -2.29. The van der Waals surface area contributed by atoms with Crippen molar-refractivity contribution in [3.63, 3.8) is 0 Å². The molecule has 1 amide bonds. The van der Waals surface area contributed by atoms with Crippen LogP contribution in [0.2, 0.25) is 10.0 Å². The predicted molar refractivity (Wildman–Crippen MR) is 121 cm³/mol. The summed E-state index contributed by atoms with van der Waals surface area (Å²) < 4.78 is 5.15. The molecule has 1 atom stereocenters. The minimum absolute atomic E-state index is 0.0302. The summed E-state index contributed by atoms with van der Waals surface area (Å²) in [4.78, 5) is 27.5. The van der Waals surface area contributed by atoms with Crippen molar-refractivity contribution in [2.45, 2.75) is 6.04 Å². The summed E-state index contributed by atoms with van der Waals surface area (Å²) in [6.07, 6.45) is 0. The molecule has 1 heterocycles. The molecule has 1 fully saturated rings. The van der Waals surface area contributed by atoms with Gasteiger partial charge in [-0.2, -0.15) is 0 Å². The zero-order chi connectivity index (χ0) is 22.1. The molecule has 1 saturated heterocycles. The molecule has 1 aliphatic rings. The van der Waals surface area contributed by atoms with Gasteiger partial charge in [-0.05, 0) is 48.0 Å². The molecule has 1 unspecified atom stereocenters. The van der Waals surface area contributed by atoms with Crippen LogP contribution in [0, 0.1) is 0 Å². The normalized spacial score (nSPS) is 17.8. The Morgan fingerprint density at radius 3 is 2.26 bits per heavy atom. The molecular weight excluding hydrogens is 437 g/mol. The summed E-state index contributed by atoms with van der Waals surface area (Å²) in [7, 11) is 1.48. The lowest BCUT2D eigenvalue weighted by molar-refractivity contribution is -0.132. The van der Waals surface area contributed by atoms with Crippen molar-refractivity contribution in [1.82, 2.24) is 0 Å². The van der Waals surface area contributed by atoms with Crippen LogP contribution in [-0.4, -0.2) is 23.9 Å². The number of rotatable bonds is 4. The first-order valence-corrected chi connectivity index (χ1v) is 10.1. The SMILES string of the molecule is COc1ccc(/C(O)=C2/C(=O)C(=O)N(c3ccccc3)C2c2ccc(Cl)cc2)cc1Cl. The van der Waals surface area contributed by atoms with Gasteiger partial charge in [0.1, 0.15) is 11.5 Å². The van der Waals surface area contributed by atoms with E-state index in [0.717, 1.165) is 0 Å². The highest BCUT2D eigenvalue weighted by Crippen LogP contribution is 2.42. The Morgan fingerprint density at radius 2 is 1.65 bits per heavy atom. The number of methoxy groups -OCH3 is 1. The molecule has 31 heavy (non-hydrogen) atoms. The van der Waals surface area contributed by atoms with Gasteiger partial charge >= 0.3 is 0 Å². The number of ketones is 1. The van der Waals surface area contributed by atoms with E-state index in [1.54, 1.807) is 60.7 Å². The van der Waals surface area contributed by atoms with Gasteiger partial charge in [0.05, 0.1) is 23.7 Å². The third kappa shape index (κ3) is 3.78. The maximum absolute atomic E-state index is 13.1. The van der Waals surface area contributed by atoms with E-state index in [4.69, 9.17) is 27.9 Å². The average Bonchev–Trinajstić information content (AvgIpc) is 3.05. The second kappa shape index (κ2) is 8.46. The quantitative estimate of drug-likeness (QED) is 0.315. The molecule has 0 saturated carbocycles. The van der Waals surface area contributed by atoms with Gasteiger partial charge in [0.25, 0.3) is 11.7 Å². The number of ether oxygens (including phenoxy) is 1. The van der Waals surface area contributed by atoms with Crippen molar-refractivity contribution in [3.05, 3.63) is 99.5 Å². The average molecular weight is 454 g/mol. The minimum Gasteiger partial charge on any atom is -0.507 e. The molecule has 0 aromatic heterocycles. The molecule has 3 aromatic carbocycles. The number of hydrogen-bond donors (Lipinski definition) is 1. The first-order chi connectivity index (χ1) is 14.9. The van der Waals surface area contributed by atoms with Crippen molar-refractivity contribution >= 4 is 46.3 Å².